The molecule has 0 bridgehead atoms. The van der Waals surface area contributed by atoms with Crippen molar-refractivity contribution in [1.82, 2.24) is 5.32 Å². The second-order valence-electron chi connectivity index (χ2n) is 3.78. The SMILES string of the molecule is COCC(C)CNC(=O)c1cccc(Br)c1. The van der Waals surface area contributed by atoms with E-state index in [0.717, 1.165) is 4.47 Å². The van der Waals surface area contributed by atoms with Crippen LogP contribution in [0.2, 0.25) is 0 Å². The highest BCUT2D eigenvalue weighted by Crippen LogP contribution is 2.11. The molecule has 0 heterocycles. The van der Waals surface area contributed by atoms with Crippen molar-refractivity contribution in [1.29, 1.82) is 0 Å². The Morgan fingerprint density at radius 2 is 2.31 bits per heavy atom. The van der Waals surface area contributed by atoms with Gasteiger partial charge in [-0.3, -0.25) is 4.79 Å². The molecular weight excluding hydrogens is 270 g/mol. The molecule has 88 valence electrons. The molecule has 1 aromatic carbocycles. The number of benzene rings is 1. The summed E-state index contributed by atoms with van der Waals surface area (Å²) in [5.41, 5.74) is 0.666. The normalized spacial score (nSPS) is 12.2. The molecule has 16 heavy (non-hydrogen) atoms. The summed E-state index contributed by atoms with van der Waals surface area (Å²) in [5.74, 6) is 0.269. The van der Waals surface area contributed by atoms with Gasteiger partial charge in [-0.25, -0.2) is 0 Å². The Morgan fingerprint density at radius 3 is 2.94 bits per heavy atom. The van der Waals surface area contributed by atoms with E-state index in [2.05, 4.69) is 21.2 Å². The van der Waals surface area contributed by atoms with Gasteiger partial charge in [0.2, 0.25) is 0 Å². The minimum atomic E-state index is -0.0516. The van der Waals surface area contributed by atoms with Crippen LogP contribution >= 0.6 is 15.9 Å². The molecule has 3 nitrogen and oxygen atoms in total. The van der Waals surface area contributed by atoms with Gasteiger partial charge in [-0.2, -0.15) is 0 Å². The topological polar surface area (TPSA) is 38.3 Å². The Labute approximate surface area is 104 Å². The van der Waals surface area contributed by atoms with Gasteiger partial charge in [-0.15, -0.1) is 0 Å². The molecule has 0 aliphatic heterocycles. The third-order valence-corrected chi connectivity index (χ3v) is 2.64. The smallest absolute Gasteiger partial charge is 0.251 e. The maximum absolute atomic E-state index is 11.7. The standard InChI is InChI=1S/C12H16BrNO2/c1-9(8-16-2)7-14-12(15)10-4-3-5-11(13)6-10/h3-6,9H,7-8H2,1-2H3,(H,14,15). The molecule has 0 aliphatic rings. The van der Waals surface area contributed by atoms with E-state index in [1.54, 1.807) is 19.2 Å². The van der Waals surface area contributed by atoms with Gasteiger partial charge >= 0.3 is 0 Å². The lowest BCUT2D eigenvalue weighted by molar-refractivity contribution is 0.0934. The van der Waals surface area contributed by atoms with Crippen LogP contribution < -0.4 is 5.32 Å². The van der Waals surface area contributed by atoms with E-state index < -0.39 is 0 Å². The van der Waals surface area contributed by atoms with Crippen LogP contribution in [0.4, 0.5) is 0 Å². The van der Waals surface area contributed by atoms with Gasteiger partial charge in [-0.1, -0.05) is 28.9 Å². The summed E-state index contributed by atoms with van der Waals surface area (Å²) in [5, 5.41) is 2.87. The first-order valence-electron chi connectivity index (χ1n) is 5.16. The van der Waals surface area contributed by atoms with E-state index in [1.807, 2.05) is 19.1 Å². The predicted molar refractivity (Wildman–Crippen MR) is 67.5 cm³/mol. The summed E-state index contributed by atoms with van der Waals surface area (Å²) < 4.78 is 5.91. The molecule has 0 saturated heterocycles. The van der Waals surface area contributed by atoms with Crippen molar-refractivity contribution >= 4 is 21.8 Å². The molecular formula is C12H16BrNO2. The Morgan fingerprint density at radius 1 is 1.56 bits per heavy atom. The second kappa shape index (κ2) is 6.66. The number of halogens is 1. The average Bonchev–Trinajstić information content (AvgIpc) is 2.26. The van der Waals surface area contributed by atoms with Crippen molar-refractivity contribution in [2.24, 2.45) is 5.92 Å². The molecule has 1 aromatic rings. The molecule has 0 saturated carbocycles. The van der Waals surface area contributed by atoms with Crippen LogP contribution in [0.1, 0.15) is 17.3 Å². The minimum Gasteiger partial charge on any atom is -0.384 e. The monoisotopic (exact) mass is 285 g/mol. The zero-order chi connectivity index (χ0) is 12.0. The highest BCUT2D eigenvalue weighted by atomic mass is 79.9. The molecule has 0 fully saturated rings. The van der Waals surface area contributed by atoms with E-state index in [-0.39, 0.29) is 5.91 Å². The third kappa shape index (κ3) is 4.33. The van der Waals surface area contributed by atoms with Crippen LogP contribution in [-0.4, -0.2) is 26.2 Å². The van der Waals surface area contributed by atoms with Crippen LogP contribution in [0.25, 0.3) is 0 Å². The fourth-order valence-corrected chi connectivity index (χ4v) is 1.74. The summed E-state index contributed by atoms with van der Waals surface area (Å²) in [7, 11) is 1.66. The van der Waals surface area contributed by atoms with Crippen LogP contribution in [0.5, 0.6) is 0 Å². The molecule has 1 N–H and O–H groups in total. The van der Waals surface area contributed by atoms with Crippen LogP contribution in [0.15, 0.2) is 28.7 Å². The molecule has 1 rings (SSSR count). The quantitative estimate of drug-likeness (QED) is 0.903. The number of hydrogen-bond acceptors (Lipinski definition) is 2. The van der Waals surface area contributed by atoms with Gasteiger partial charge in [0.15, 0.2) is 0 Å². The first-order valence-corrected chi connectivity index (χ1v) is 5.95. The largest absolute Gasteiger partial charge is 0.384 e. The fourth-order valence-electron chi connectivity index (χ4n) is 1.34. The van der Waals surface area contributed by atoms with Gasteiger partial charge in [0.05, 0.1) is 6.61 Å². The zero-order valence-electron chi connectivity index (χ0n) is 9.50. The van der Waals surface area contributed by atoms with E-state index >= 15 is 0 Å². The van der Waals surface area contributed by atoms with Gasteiger partial charge in [0.25, 0.3) is 5.91 Å². The highest BCUT2D eigenvalue weighted by molar-refractivity contribution is 9.10. The van der Waals surface area contributed by atoms with Gasteiger partial charge in [0.1, 0.15) is 0 Å². The van der Waals surface area contributed by atoms with Crippen LogP contribution in [0.3, 0.4) is 0 Å². The zero-order valence-corrected chi connectivity index (χ0v) is 11.1. The molecule has 1 atom stereocenters. The van der Waals surface area contributed by atoms with Crippen molar-refractivity contribution in [3.63, 3.8) is 0 Å². The maximum Gasteiger partial charge on any atom is 0.251 e. The first kappa shape index (κ1) is 13.2. The Kier molecular flexibility index (Phi) is 5.49. The summed E-state index contributed by atoms with van der Waals surface area (Å²) in [6, 6.07) is 7.33. The number of hydrogen-bond donors (Lipinski definition) is 1. The maximum atomic E-state index is 11.7. The highest BCUT2D eigenvalue weighted by Gasteiger charge is 2.07. The molecule has 4 heteroatoms. The van der Waals surface area contributed by atoms with Crippen LogP contribution in [0, 0.1) is 5.92 Å². The predicted octanol–water partition coefficient (Wildman–Crippen LogP) is 2.46. The van der Waals surface area contributed by atoms with E-state index in [1.165, 1.54) is 0 Å². The van der Waals surface area contributed by atoms with Crippen molar-refractivity contribution in [3.05, 3.63) is 34.3 Å². The first-order chi connectivity index (χ1) is 7.63. The average molecular weight is 286 g/mol. The summed E-state index contributed by atoms with van der Waals surface area (Å²) in [4.78, 5) is 11.7. The second-order valence-corrected chi connectivity index (χ2v) is 4.70. The van der Waals surface area contributed by atoms with Gasteiger partial charge in [-0.05, 0) is 24.1 Å². The number of methoxy groups -OCH3 is 1. The van der Waals surface area contributed by atoms with Crippen molar-refractivity contribution in [3.8, 4) is 0 Å². The third-order valence-electron chi connectivity index (χ3n) is 2.15. The van der Waals surface area contributed by atoms with E-state index in [4.69, 9.17) is 4.74 Å². The Hall–Kier alpha value is -0.870. The number of nitrogens with one attached hydrogen (secondary N) is 1. The molecule has 1 unspecified atom stereocenters. The lowest BCUT2D eigenvalue weighted by Gasteiger charge is -2.11. The summed E-state index contributed by atoms with van der Waals surface area (Å²) in [6.45, 7) is 3.31. The number of amides is 1. The number of carbonyl (C=O) groups excluding carboxylic acids is 1. The van der Waals surface area contributed by atoms with Gasteiger partial charge < -0.3 is 10.1 Å². The lowest BCUT2D eigenvalue weighted by Crippen LogP contribution is -2.29. The summed E-state index contributed by atoms with van der Waals surface area (Å²) >= 11 is 3.34. The van der Waals surface area contributed by atoms with E-state index in [9.17, 15) is 4.79 Å². The molecule has 0 aliphatic carbocycles. The fraction of sp³-hybridized carbons (Fsp3) is 0.417. The van der Waals surface area contributed by atoms with Crippen LogP contribution in [-0.2, 0) is 4.74 Å². The van der Waals surface area contributed by atoms with Crippen molar-refractivity contribution in [2.45, 2.75) is 6.92 Å². The minimum absolute atomic E-state index is 0.0516. The number of rotatable bonds is 5. The Bertz CT molecular complexity index is 355. The van der Waals surface area contributed by atoms with Crippen molar-refractivity contribution < 1.29 is 9.53 Å². The molecule has 0 radical (unpaired) electrons. The van der Waals surface area contributed by atoms with E-state index in [0.29, 0.717) is 24.6 Å². The lowest BCUT2D eigenvalue weighted by atomic mass is 10.2. The molecule has 0 spiro atoms. The molecule has 1 amide bonds. The summed E-state index contributed by atoms with van der Waals surface area (Å²) in [6.07, 6.45) is 0. The Balaban J connectivity index is 2.47. The number of carbonyl (C=O) groups is 1. The van der Waals surface area contributed by atoms with Crippen molar-refractivity contribution in [2.75, 3.05) is 20.3 Å². The molecule has 0 aromatic heterocycles. The van der Waals surface area contributed by atoms with Gasteiger partial charge in [0, 0.05) is 23.7 Å². The number of ether oxygens (including phenoxy) is 1.